The van der Waals surface area contributed by atoms with Crippen molar-refractivity contribution in [3.8, 4) is 22.8 Å². The molecule has 0 bridgehead atoms. The Morgan fingerprint density at radius 1 is 1.16 bits per heavy atom. The summed E-state index contributed by atoms with van der Waals surface area (Å²) in [6, 6.07) is 11.7. The molecular weight excluding hydrogens is 434 g/mol. The highest BCUT2D eigenvalue weighted by atomic mass is 35.5. The number of methoxy groups -OCH3 is 1. The van der Waals surface area contributed by atoms with Crippen molar-refractivity contribution in [1.29, 1.82) is 0 Å². The molecule has 4 rings (SSSR count). The smallest absolute Gasteiger partial charge is 0.341 e. The largest absolute Gasteiger partial charge is 0.465 e. The number of Topliss-reactive ketones (excluding diaryl/α,β-unsaturated/α-hetero) is 1. The Bertz CT molecular complexity index is 1140. The van der Waals surface area contributed by atoms with Gasteiger partial charge in [0.1, 0.15) is 34.6 Å². The van der Waals surface area contributed by atoms with Gasteiger partial charge in [0, 0.05) is 30.3 Å². The molecule has 1 unspecified atom stereocenters. The maximum Gasteiger partial charge on any atom is 0.341 e. The van der Waals surface area contributed by atoms with Crippen LogP contribution in [-0.2, 0) is 16.5 Å². The molecule has 0 spiro atoms. The molecule has 9 heteroatoms. The second-order valence-corrected chi connectivity index (χ2v) is 7.82. The van der Waals surface area contributed by atoms with E-state index in [-0.39, 0.29) is 17.1 Å². The molecule has 1 aliphatic heterocycles. The van der Waals surface area contributed by atoms with Crippen molar-refractivity contribution >= 4 is 23.4 Å². The average Bonchev–Trinajstić information content (AvgIpc) is 3.20. The number of aromatic nitrogens is 3. The van der Waals surface area contributed by atoms with Crippen LogP contribution in [0.25, 0.3) is 11.3 Å². The highest BCUT2D eigenvalue weighted by Gasteiger charge is 2.29. The molecule has 0 saturated carbocycles. The summed E-state index contributed by atoms with van der Waals surface area (Å²) < 4.78 is 17.8. The minimum Gasteiger partial charge on any atom is -0.465 e. The van der Waals surface area contributed by atoms with Gasteiger partial charge in [-0.3, -0.25) is 4.79 Å². The van der Waals surface area contributed by atoms with Crippen LogP contribution in [0.2, 0.25) is 5.02 Å². The lowest BCUT2D eigenvalue weighted by atomic mass is 10.00. The highest BCUT2D eigenvalue weighted by molar-refractivity contribution is 6.30. The van der Waals surface area contributed by atoms with Crippen LogP contribution in [0.5, 0.6) is 11.5 Å². The molecule has 1 aliphatic rings. The second-order valence-electron chi connectivity index (χ2n) is 7.39. The summed E-state index contributed by atoms with van der Waals surface area (Å²) in [4.78, 5) is 25.0. The Kier molecular flexibility index (Phi) is 6.53. The van der Waals surface area contributed by atoms with Crippen molar-refractivity contribution in [1.82, 2.24) is 15.0 Å². The molecule has 0 amide bonds. The van der Waals surface area contributed by atoms with Crippen molar-refractivity contribution in [2.24, 2.45) is 7.05 Å². The van der Waals surface area contributed by atoms with Crippen LogP contribution in [-0.4, -0.2) is 46.6 Å². The summed E-state index contributed by atoms with van der Waals surface area (Å²) in [5.74, 6) is 0.116. The fourth-order valence-electron chi connectivity index (χ4n) is 3.59. The molecule has 2 heterocycles. The number of hydrogen-bond acceptors (Lipinski definition) is 7. The molecule has 3 aromatic rings. The quantitative estimate of drug-likeness (QED) is 0.400. The van der Waals surface area contributed by atoms with Crippen LogP contribution < -0.4 is 4.74 Å². The van der Waals surface area contributed by atoms with Gasteiger partial charge in [-0.05, 0) is 55.7 Å². The van der Waals surface area contributed by atoms with Crippen LogP contribution in [0.1, 0.15) is 40.1 Å². The van der Waals surface area contributed by atoms with E-state index in [0.717, 1.165) is 12.8 Å². The van der Waals surface area contributed by atoms with Crippen LogP contribution in [0.4, 0.5) is 0 Å². The highest BCUT2D eigenvalue weighted by Crippen LogP contribution is 2.31. The van der Waals surface area contributed by atoms with E-state index < -0.39 is 12.1 Å². The van der Waals surface area contributed by atoms with E-state index in [9.17, 15) is 9.59 Å². The number of hydrogen-bond donors (Lipinski definition) is 0. The number of rotatable bonds is 6. The molecule has 166 valence electrons. The predicted molar refractivity (Wildman–Crippen MR) is 117 cm³/mol. The second kappa shape index (κ2) is 9.50. The van der Waals surface area contributed by atoms with Gasteiger partial charge in [-0.15, -0.1) is 5.10 Å². The predicted octanol–water partition coefficient (Wildman–Crippen LogP) is 4.47. The summed E-state index contributed by atoms with van der Waals surface area (Å²) in [7, 11) is 2.99. The number of ketones is 1. The summed E-state index contributed by atoms with van der Waals surface area (Å²) in [5, 5.41) is 8.66. The average molecular weight is 456 g/mol. The van der Waals surface area contributed by atoms with E-state index in [1.54, 1.807) is 49.5 Å². The molecule has 0 aliphatic carbocycles. The topological polar surface area (TPSA) is 92.5 Å². The van der Waals surface area contributed by atoms with Gasteiger partial charge in [-0.2, -0.15) is 0 Å². The lowest BCUT2D eigenvalue weighted by molar-refractivity contribution is 0.0180. The Balaban J connectivity index is 1.59. The number of esters is 1. The molecule has 8 nitrogen and oxygen atoms in total. The number of halogens is 1. The first-order valence-electron chi connectivity index (χ1n) is 10.2. The molecular formula is C23H22ClN3O5. The molecule has 1 saturated heterocycles. The first-order chi connectivity index (χ1) is 15.5. The standard InChI is InChI=1S/C23H22ClN3O5/c1-27-21(22(28)18-5-3-4-12-31-18)20(25-26-27)14-6-9-16(10-7-14)32-19-13-15(24)8-11-17(19)23(29)30-2/h6-11,13,18H,3-5,12H2,1-2H3. The molecule has 1 aromatic heterocycles. The van der Waals surface area contributed by atoms with Gasteiger partial charge < -0.3 is 14.2 Å². The zero-order valence-corrected chi connectivity index (χ0v) is 18.5. The van der Waals surface area contributed by atoms with Gasteiger partial charge in [-0.25, -0.2) is 9.48 Å². The maximum atomic E-state index is 13.0. The number of carbonyl (C=O) groups excluding carboxylic acids is 2. The van der Waals surface area contributed by atoms with Crippen molar-refractivity contribution in [2.75, 3.05) is 13.7 Å². The van der Waals surface area contributed by atoms with E-state index in [0.29, 0.717) is 40.8 Å². The van der Waals surface area contributed by atoms with Crippen LogP contribution in [0.3, 0.4) is 0 Å². The van der Waals surface area contributed by atoms with E-state index in [2.05, 4.69) is 10.3 Å². The minimum absolute atomic E-state index is 0.117. The van der Waals surface area contributed by atoms with Gasteiger partial charge in [0.2, 0.25) is 5.78 Å². The van der Waals surface area contributed by atoms with Gasteiger partial charge in [0.15, 0.2) is 0 Å². The lowest BCUT2D eigenvalue weighted by Gasteiger charge is -2.21. The van der Waals surface area contributed by atoms with Crippen molar-refractivity contribution in [3.05, 3.63) is 58.7 Å². The summed E-state index contributed by atoms with van der Waals surface area (Å²) in [6.45, 7) is 0.583. The molecule has 2 aromatic carbocycles. The first kappa shape index (κ1) is 22.0. The first-order valence-corrected chi connectivity index (χ1v) is 10.6. The maximum absolute atomic E-state index is 13.0. The minimum atomic E-state index is -0.527. The van der Waals surface area contributed by atoms with Gasteiger partial charge in [-0.1, -0.05) is 16.8 Å². The normalized spacial score (nSPS) is 15.9. The molecule has 0 radical (unpaired) electrons. The molecule has 1 atom stereocenters. The molecule has 32 heavy (non-hydrogen) atoms. The van der Waals surface area contributed by atoms with Gasteiger partial charge in [0.05, 0.1) is 7.11 Å². The Hall–Kier alpha value is -3.23. The zero-order valence-electron chi connectivity index (χ0n) is 17.7. The number of ether oxygens (including phenoxy) is 3. The Morgan fingerprint density at radius 2 is 1.94 bits per heavy atom. The number of carbonyl (C=O) groups is 2. The summed E-state index contributed by atoms with van der Waals surface area (Å²) >= 11 is 6.06. The Morgan fingerprint density at radius 3 is 2.62 bits per heavy atom. The van der Waals surface area contributed by atoms with Crippen molar-refractivity contribution in [3.63, 3.8) is 0 Å². The van der Waals surface area contributed by atoms with Crippen LogP contribution >= 0.6 is 11.6 Å². The van der Waals surface area contributed by atoms with Crippen LogP contribution in [0.15, 0.2) is 42.5 Å². The Labute approximate surface area is 190 Å². The monoisotopic (exact) mass is 455 g/mol. The van der Waals surface area contributed by atoms with Crippen molar-refractivity contribution in [2.45, 2.75) is 25.4 Å². The van der Waals surface area contributed by atoms with Gasteiger partial charge >= 0.3 is 5.97 Å². The van der Waals surface area contributed by atoms with Gasteiger partial charge in [0.25, 0.3) is 0 Å². The SMILES string of the molecule is COC(=O)c1ccc(Cl)cc1Oc1ccc(-c2nnn(C)c2C(=O)C2CCCCO2)cc1. The third-order valence-electron chi connectivity index (χ3n) is 5.24. The number of benzene rings is 2. The molecule has 0 N–H and O–H groups in total. The lowest BCUT2D eigenvalue weighted by Crippen LogP contribution is -2.30. The van der Waals surface area contributed by atoms with E-state index in [1.807, 2.05) is 0 Å². The van der Waals surface area contributed by atoms with Crippen molar-refractivity contribution < 1.29 is 23.8 Å². The van der Waals surface area contributed by atoms with E-state index in [1.165, 1.54) is 11.8 Å². The fraction of sp³-hybridized carbons (Fsp3) is 0.304. The number of aryl methyl sites for hydroxylation is 1. The van der Waals surface area contributed by atoms with E-state index in [4.69, 9.17) is 25.8 Å². The van der Waals surface area contributed by atoms with Crippen LogP contribution in [0, 0.1) is 0 Å². The summed E-state index contributed by atoms with van der Waals surface area (Å²) in [5.41, 5.74) is 1.86. The van der Waals surface area contributed by atoms with E-state index >= 15 is 0 Å². The third-order valence-corrected chi connectivity index (χ3v) is 5.47. The summed E-state index contributed by atoms with van der Waals surface area (Å²) in [6.07, 6.45) is 2.15. The molecule has 1 fully saturated rings. The number of nitrogens with zero attached hydrogens (tertiary/aromatic N) is 3. The third kappa shape index (κ3) is 4.51. The zero-order chi connectivity index (χ0) is 22.7. The fourth-order valence-corrected chi connectivity index (χ4v) is 3.76.